The zero-order valence-electron chi connectivity index (χ0n) is 14.3. The second kappa shape index (κ2) is 6.74. The third-order valence-electron chi connectivity index (χ3n) is 5.40. The van der Waals surface area contributed by atoms with Crippen LogP contribution in [0.5, 0.6) is 0 Å². The van der Waals surface area contributed by atoms with E-state index in [1.54, 1.807) is 0 Å². The van der Waals surface area contributed by atoms with Gasteiger partial charge in [0.05, 0.1) is 5.71 Å². The van der Waals surface area contributed by atoms with E-state index in [1.807, 2.05) is 0 Å². The van der Waals surface area contributed by atoms with Gasteiger partial charge in [0, 0.05) is 11.8 Å². The summed E-state index contributed by atoms with van der Waals surface area (Å²) >= 11 is 0. The lowest BCUT2D eigenvalue weighted by Gasteiger charge is -2.35. The lowest BCUT2D eigenvalue weighted by molar-refractivity contribution is 0.316. The van der Waals surface area contributed by atoms with Crippen molar-refractivity contribution in [2.75, 3.05) is 0 Å². The fraction of sp³-hybridized carbons (Fsp3) is 0.476. The van der Waals surface area contributed by atoms with Gasteiger partial charge in [-0.05, 0) is 35.1 Å². The van der Waals surface area contributed by atoms with Crippen LogP contribution in [-0.4, -0.2) is 10.9 Å². The molecule has 3 rings (SSSR count). The first-order valence-electron chi connectivity index (χ1n) is 9.01. The van der Waals surface area contributed by atoms with E-state index in [4.69, 9.17) is 0 Å². The molecule has 122 valence electrons. The van der Waals surface area contributed by atoms with Crippen LogP contribution in [0.3, 0.4) is 0 Å². The Morgan fingerprint density at radius 3 is 2.43 bits per heavy atom. The van der Waals surface area contributed by atoms with Gasteiger partial charge in [-0.1, -0.05) is 81.1 Å². The maximum absolute atomic E-state index is 9.62. The van der Waals surface area contributed by atoms with E-state index in [0.29, 0.717) is 0 Å². The summed E-state index contributed by atoms with van der Waals surface area (Å²) in [5.74, 6) is 0. The van der Waals surface area contributed by atoms with Gasteiger partial charge in [0.25, 0.3) is 0 Å². The minimum Gasteiger partial charge on any atom is -0.411 e. The molecule has 0 saturated carbocycles. The largest absolute Gasteiger partial charge is 0.411 e. The first-order valence-corrected chi connectivity index (χ1v) is 9.01. The number of fused-ring (bicyclic) bond motifs is 2. The van der Waals surface area contributed by atoms with E-state index in [2.05, 4.69) is 55.4 Å². The van der Waals surface area contributed by atoms with Crippen molar-refractivity contribution < 1.29 is 5.21 Å². The lowest BCUT2D eigenvalue weighted by atomic mass is 9.68. The van der Waals surface area contributed by atoms with Crippen molar-refractivity contribution in [3.8, 4) is 0 Å². The molecule has 0 amide bonds. The minimum absolute atomic E-state index is 0.0320. The van der Waals surface area contributed by atoms with Crippen LogP contribution in [0.1, 0.15) is 69.9 Å². The van der Waals surface area contributed by atoms with E-state index in [-0.39, 0.29) is 5.41 Å². The fourth-order valence-electron chi connectivity index (χ4n) is 4.35. The van der Waals surface area contributed by atoms with E-state index in [9.17, 15) is 5.21 Å². The number of rotatable bonds is 6. The molecule has 0 radical (unpaired) electrons. The van der Waals surface area contributed by atoms with E-state index < -0.39 is 0 Å². The Balaban J connectivity index is 2.20. The Bertz CT molecular complexity index is 658. The maximum atomic E-state index is 9.62. The second-order valence-electron chi connectivity index (χ2n) is 6.78. The van der Waals surface area contributed by atoms with Crippen LogP contribution in [0, 0.1) is 0 Å². The van der Waals surface area contributed by atoms with Gasteiger partial charge in [-0.2, -0.15) is 0 Å². The smallest absolute Gasteiger partial charge is 0.0880 e. The normalized spacial score (nSPS) is 20.0. The van der Waals surface area contributed by atoms with Crippen LogP contribution in [0.4, 0.5) is 0 Å². The Hall–Kier alpha value is -1.83. The molecule has 1 N–H and O–H groups in total. The molecule has 2 nitrogen and oxygen atoms in total. The Morgan fingerprint density at radius 2 is 1.78 bits per heavy atom. The molecule has 2 aliphatic carbocycles. The molecule has 0 spiro atoms. The summed E-state index contributed by atoms with van der Waals surface area (Å²) in [4.78, 5) is 0. The summed E-state index contributed by atoms with van der Waals surface area (Å²) in [6.45, 7) is 4.51. The van der Waals surface area contributed by atoms with Gasteiger partial charge in [0.1, 0.15) is 0 Å². The number of oxime groups is 1. The van der Waals surface area contributed by atoms with Gasteiger partial charge >= 0.3 is 0 Å². The lowest BCUT2D eigenvalue weighted by Crippen LogP contribution is -2.31. The standard InChI is InChI=1S/C21H27NO/c1-3-5-14-21(15-6-4-2)18-12-8-7-10-16(18)17-11-9-13-19(22-23)20(17)21/h7-12,23H,3-6,13-15H2,1-2H3. The van der Waals surface area contributed by atoms with Crippen LogP contribution in [0.2, 0.25) is 0 Å². The first-order chi connectivity index (χ1) is 11.3. The van der Waals surface area contributed by atoms with E-state index in [1.165, 1.54) is 48.0 Å². The number of unbranched alkanes of at least 4 members (excludes halogenated alkanes) is 2. The average Bonchev–Trinajstić information content (AvgIpc) is 2.89. The third-order valence-corrected chi connectivity index (χ3v) is 5.40. The van der Waals surface area contributed by atoms with Crippen molar-refractivity contribution in [2.45, 2.75) is 64.2 Å². The van der Waals surface area contributed by atoms with Gasteiger partial charge in [-0.15, -0.1) is 0 Å². The topological polar surface area (TPSA) is 32.6 Å². The zero-order valence-corrected chi connectivity index (χ0v) is 14.3. The zero-order chi connectivity index (χ0) is 16.3. The summed E-state index contributed by atoms with van der Waals surface area (Å²) in [5.41, 5.74) is 6.26. The van der Waals surface area contributed by atoms with E-state index >= 15 is 0 Å². The molecule has 2 aliphatic rings. The molecule has 1 aromatic rings. The van der Waals surface area contributed by atoms with Crippen molar-refractivity contribution in [3.63, 3.8) is 0 Å². The van der Waals surface area contributed by atoms with Gasteiger partial charge in [-0.3, -0.25) is 0 Å². The molecule has 23 heavy (non-hydrogen) atoms. The average molecular weight is 309 g/mol. The van der Waals surface area contributed by atoms with Crippen LogP contribution < -0.4 is 0 Å². The van der Waals surface area contributed by atoms with Crippen LogP contribution in [0.25, 0.3) is 5.57 Å². The summed E-state index contributed by atoms with van der Waals surface area (Å²) < 4.78 is 0. The highest BCUT2D eigenvalue weighted by atomic mass is 16.4. The molecule has 0 aliphatic heterocycles. The Kier molecular flexibility index (Phi) is 4.70. The number of nitrogens with zero attached hydrogens (tertiary/aromatic N) is 1. The van der Waals surface area contributed by atoms with Crippen molar-refractivity contribution >= 4 is 11.3 Å². The molecule has 2 heteroatoms. The molecule has 1 aromatic carbocycles. The highest BCUT2D eigenvalue weighted by Crippen LogP contribution is 2.54. The van der Waals surface area contributed by atoms with Gasteiger partial charge in [-0.25, -0.2) is 0 Å². The summed E-state index contributed by atoms with van der Waals surface area (Å²) in [6.07, 6.45) is 12.2. The molecule has 0 saturated heterocycles. The number of allylic oxidation sites excluding steroid dienone is 4. The quantitative estimate of drug-likeness (QED) is 0.518. The molecular weight excluding hydrogens is 282 g/mol. The molecule has 0 bridgehead atoms. The van der Waals surface area contributed by atoms with Crippen molar-refractivity contribution in [2.24, 2.45) is 5.16 Å². The summed E-state index contributed by atoms with van der Waals surface area (Å²) in [5, 5.41) is 13.3. The second-order valence-corrected chi connectivity index (χ2v) is 6.78. The maximum Gasteiger partial charge on any atom is 0.0880 e. The van der Waals surface area contributed by atoms with Gasteiger partial charge in [0.2, 0.25) is 0 Å². The molecule has 0 heterocycles. The molecule has 0 aromatic heterocycles. The SMILES string of the molecule is CCCCC1(CCCC)C2=C(C=CCC2=NO)c2ccccc21. The Labute approximate surface area is 139 Å². The molecule has 0 unspecified atom stereocenters. The molecule has 0 atom stereocenters. The predicted molar refractivity (Wildman–Crippen MR) is 97.1 cm³/mol. The van der Waals surface area contributed by atoms with Crippen LogP contribution in [0.15, 0.2) is 47.1 Å². The summed E-state index contributed by atoms with van der Waals surface area (Å²) in [7, 11) is 0. The highest BCUT2D eigenvalue weighted by Gasteiger charge is 2.45. The van der Waals surface area contributed by atoms with Crippen molar-refractivity contribution in [1.82, 2.24) is 0 Å². The molecular formula is C21H27NO. The predicted octanol–water partition coefficient (Wildman–Crippen LogP) is 5.86. The Morgan fingerprint density at radius 1 is 1.09 bits per heavy atom. The van der Waals surface area contributed by atoms with Gasteiger partial charge < -0.3 is 5.21 Å². The summed E-state index contributed by atoms with van der Waals surface area (Å²) in [6, 6.07) is 8.80. The minimum atomic E-state index is 0.0320. The van der Waals surface area contributed by atoms with Crippen LogP contribution in [-0.2, 0) is 5.41 Å². The fourth-order valence-corrected chi connectivity index (χ4v) is 4.35. The molecule has 0 fully saturated rings. The number of hydrogen-bond donors (Lipinski definition) is 1. The third kappa shape index (κ3) is 2.54. The van der Waals surface area contributed by atoms with Gasteiger partial charge in [0.15, 0.2) is 0 Å². The monoisotopic (exact) mass is 309 g/mol. The van der Waals surface area contributed by atoms with E-state index in [0.717, 1.165) is 25.0 Å². The van der Waals surface area contributed by atoms with Crippen LogP contribution >= 0.6 is 0 Å². The first kappa shape index (κ1) is 16.0. The highest BCUT2D eigenvalue weighted by molar-refractivity contribution is 6.14. The number of benzene rings is 1. The number of hydrogen-bond acceptors (Lipinski definition) is 2. The van der Waals surface area contributed by atoms with Crippen molar-refractivity contribution in [1.29, 1.82) is 0 Å². The van der Waals surface area contributed by atoms with Crippen molar-refractivity contribution in [3.05, 3.63) is 53.1 Å².